The largest absolute Gasteiger partial charge is 0.465 e. The zero-order valence-electron chi connectivity index (χ0n) is 21.1. The van der Waals surface area contributed by atoms with Crippen LogP contribution in [0.25, 0.3) is 22.0 Å². The predicted octanol–water partition coefficient (Wildman–Crippen LogP) is 5.06. The van der Waals surface area contributed by atoms with Crippen molar-refractivity contribution in [1.29, 1.82) is 0 Å². The molecule has 3 aromatic rings. The molecule has 184 valence electrons. The van der Waals surface area contributed by atoms with E-state index in [4.69, 9.17) is 9.72 Å². The average Bonchev–Trinajstić information content (AvgIpc) is 2.88. The lowest BCUT2D eigenvalue weighted by Gasteiger charge is -2.32. The van der Waals surface area contributed by atoms with Crippen molar-refractivity contribution in [2.45, 2.75) is 46.2 Å². The summed E-state index contributed by atoms with van der Waals surface area (Å²) in [7, 11) is 1.42. The van der Waals surface area contributed by atoms with Gasteiger partial charge in [0.15, 0.2) is 0 Å². The number of pyridine rings is 1. The normalized spacial score (nSPS) is 15.8. The van der Waals surface area contributed by atoms with Gasteiger partial charge in [0.2, 0.25) is 5.91 Å². The van der Waals surface area contributed by atoms with Gasteiger partial charge in [0.1, 0.15) is 0 Å². The minimum atomic E-state index is -0.381. The van der Waals surface area contributed by atoms with Crippen molar-refractivity contribution in [3.8, 4) is 11.1 Å². The molecule has 4 rings (SSSR count). The summed E-state index contributed by atoms with van der Waals surface area (Å²) in [6, 6.07) is 18.0. The lowest BCUT2D eigenvalue weighted by atomic mass is 9.92. The van der Waals surface area contributed by atoms with Gasteiger partial charge in [0, 0.05) is 29.5 Å². The van der Waals surface area contributed by atoms with Crippen LogP contribution in [0.2, 0.25) is 0 Å². The highest BCUT2D eigenvalue weighted by Crippen LogP contribution is 2.34. The molecule has 1 aliphatic heterocycles. The molecule has 0 saturated carbocycles. The minimum absolute atomic E-state index is 0.0250. The van der Waals surface area contributed by atoms with Gasteiger partial charge in [-0.25, -0.2) is 4.79 Å². The maximum absolute atomic E-state index is 13.1. The third kappa shape index (κ3) is 5.54. The zero-order chi connectivity index (χ0) is 24.9. The van der Waals surface area contributed by atoms with Gasteiger partial charge in [-0.15, -0.1) is 0 Å². The molecule has 1 aromatic heterocycles. The number of benzene rings is 2. The summed E-state index contributed by atoms with van der Waals surface area (Å²) in [6.45, 7) is 8.39. The van der Waals surface area contributed by atoms with E-state index in [9.17, 15) is 9.59 Å². The number of methoxy groups -OCH3 is 1. The first-order valence-electron chi connectivity index (χ1n) is 12.5. The number of hydrogen-bond donors (Lipinski definition) is 1. The number of aromatic nitrogens is 1. The van der Waals surface area contributed by atoms with Crippen LogP contribution in [0.1, 0.15) is 49.7 Å². The second-order valence-corrected chi connectivity index (χ2v) is 9.77. The molecule has 1 amide bonds. The van der Waals surface area contributed by atoms with E-state index in [1.54, 1.807) is 0 Å². The standard InChI is InChI=1S/C29H35N3O3/c1-19(2)20(3)30-28(33)22-14-16-32(17-15-22)18-25-27(29(34)35-4)26(21-10-6-5-7-11-21)23-12-8-9-13-24(23)31-25/h5-13,19-20,22H,14-18H2,1-4H3,(H,30,33). The van der Waals surface area contributed by atoms with Crippen LogP contribution in [0.5, 0.6) is 0 Å². The molecule has 0 spiro atoms. The molecule has 1 saturated heterocycles. The minimum Gasteiger partial charge on any atom is -0.465 e. The highest BCUT2D eigenvalue weighted by molar-refractivity contribution is 6.07. The Morgan fingerprint density at radius 1 is 1.03 bits per heavy atom. The van der Waals surface area contributed by atoms with Crippen LogP contribution < -0.4 is 5.32 Å². The highest BCUT2D eigenvalue weighted by atomic mass is 16.5. The molecule has 6 heteroatoms. The van der Waals surface area contributed by atoms with E-state index in [0.29, 0.717) is 23.7 Å². The van der Waals surface area contributed by atoms with E-state index >= 15 is 0 Å². The second kappa shape index (κ2) is 11.0. The molecule has 35 heavy (non-hydrogen) atoms. The number of nitrogens with zero attached hydrogens (tertiary/aromatic N) is 2. The lowest BCUT2D eigenvalue weighted by Crippen LogP contribution is -2.44. The Morgan fingerprint density at radius 3 is 2.34 bits per heavy atom. The molecule has 1 fully saturated rings. The first-order valence-corrected chi connectivity index (χ1v) is 12.5. The van der Waals surface area contributed by atoms with Crippen LogP contribution in [0.15, 0.2) is 54.6 Å². The van der Waals surface area contributed by atoms with E-state index in [1.807, 2.05) is 54.6 Å². The molecule has 1 atom stereocenters. The third-order valence-corrected chi connectivity index (χ3v) is 7.12. The predicted molar refractivity (Wildman–Crippen MR) is 139 cm³/mol. The molecular formula is C29H35N3O3. The van der Waals surface area contributed by atoms with Crippen LogP contribution >= 0.6 is 0 Å². The summed E-state index contributed by atoms with van der Waals surface area (Å²) in [6.07, 6.45) is 1.59. The van der Waals surface area contributed by atoms with Crippen LogP contribution in [0.4, 0.5) is 0 Å². The fourth-order valence-corrected chi connectivity index (χ4v) is 4.68. The number of piperidine rings is 1. The van der Waals surface area contributed by atoms with Gasteiger partial charge in [-0.3, -0.25) is 14.7 Å². The highest BCUT2D eigenvalue weighted by Gasteiger charge is 2.29. The number of amides is 1. The molecule has 1 unspecified atom stereocenters. The number of esters is 1. The van der Waals surface area contributed by atoms with Crippen molar-refractivity contribution < 1.29 is 14.3 Å². The Labute approximate surface area is 207 Å². The monoisotopic (exact) mass is 473 g/mol. The first-order chi connectivity index (χ1) is 16.9. The van der Waals surface area contributed by atoms with Crippen molar-refractivity contribution in [3.63, 3.8) is 0 Å². The first kappa shape index (κ1) is 24.9. The molecule has 2 aromatic carbocycles. The van der Waals surface area contributed by atoms with Gasteiger partial charge in [0.05, 0.1) is 23.9 Å². The number of hydrogen-bond acceptors (Lipinski definition) is 5. The third-order valence-electron chi connectivity index (χ3n) is 7.12. The van der Waals surface area contributed by atoms with Crippen LogP contribution in [0.3, 0.4) is 0 Å². The molecule has 0 aliphatic carbocycles. The van der Waals surface area contributed by atoms with Gasteiger partial charge in [-0.2, -0.15) is 0 Å². The van der Waals surface area contributed by atoms with Gasteiger partial charge >= 0.3 is 5.97 Å². The maximum Gasteiger partial charge on any atom is 0.340 e. The van der Waals surface area contributed by atoms with Crippen molar-refractivity contribution >= 4 is 22.8 Å². The van der Waals surface area contributed by atoms with Crippen molar-refractivity contribution in [2.75, 3.05) is 20.2 Å². The molecule has 0 bridgehead atoms. The number of nitrogens with one attached hydrogen (secondary N) is 1. The smallest absolute Gasteiger partial charge is 0.340 e. The Hall–Kier alpha value is -3.25. The summed E-state index contributed by atoms with van der Waals surface area (Å²) >= 11 is 0. The lowest BCUT2D eigenvalue weighted by molar-refractivity contribution is -0.127. The van der Waals surface area contributed by atoms with Gasteiger partial charge in [-0.05, 0) is 50.4 Å². The Kier molecular flexibility index (Phi) is 7.81. The van der Waals surface area contributed by atoms with Crippen LogP contribution in [-0.4, -0.2) is 48.0 Å². The maximum atomic E-state index is 13.1. The topological polar surface area (TPSA) is 71.5 Å². The molecule has 1 N–H and O–H groups in total. The SMILES string of the molecule is COC(=O)c1c(CN2CCC(C(=O)NC(C)C(C)C)CC2)nc2ccccc2c1-c1ccccc1. The van der Waals surface area contributed by atoms with Crippen molar-refractivity contribution in [1.82, 2.24) is 15.2 Å². The molecule has 0 radical (unpaired) electrons. The summed E-state index contributed by atoms with van der Waals surface area (Å²) in [4.78, 5) is 33.0. The molecular weight excluding hydrogens is 438 g/mol. The number of carbonyl (C=O) groups excluding carboxylic acids is 2. The fourth-order valence-electron chi connectivity index (χ4n) is 4.68. The molecule has 2 heterocycles. The van der Waals surface area contributed by atoms with E-state index < -0.39 is 0 Å². The number of carbonyl (C=O) groups is 2. The molecule has 1 aliphatic rings. The average molecular weight is 474 g/mol. The van der Waals surface area contributed by atoms with Crippen molar-refractivity contribution in [3.05, 3.63) is 65.9 Å². The van der Waals surface area contributed by atoms with Crippen LogP contribution in [-0.2, 0) is 16.1 Å². The Morgan fingerprint density at radius 2 is 1.69 bits per heavy atom. The van der Waals surface area contributed by atoms with E-state index in [2.05, 4.69) is 31.0 Å². The number of likely N-dealkylation sites (tertiary alicyclic amines) is 1. The van der Waals surface area contributed by atoms with Gasteiger partial charge in [0.25, 0.3) is 0 Å². The quantitative estimate of drug-likeness (QED) is 0.486. The summed E-state index contributed by atoms with van der Waals surface area (Å²) in [5, 5.41) is 4.09. The number of ether oxygens (including phenoxy) is 1. The van der Waals surface area contributed by atoms with E-state index in [0.717, 1.165) is 48.0 Å². The molecule has 6 nitrogen and oxygen atoms in total. The number of fused-ring (bicyclic) bond motifs is 1. The Bertz CT molecular complexity index is 1180. The number of para-hydroxylation sites is 1. The zero-order valence-corrected chi connectivity index (χ0v) is 21.1. The van der Waals surface area contributed by atoms with Crippen LogP contribution in [0, 0.1) is 11.8 Å². The van der Waals surface area contributed by atoms with Crippen molar-refractivity contribution in [2.24, 2.45) is 11.8 Å². The van der Waals surface area contributed by atoms with Gasteiger partial charge < -0.3 is 10.1 Å². The summed E-state index contributed by atoms with van der Waals surface area (Å²) in [5.41, 5.74) is 3.90. The van der Waals surface area contributed by atoms with E-state index in [1.165, 1.54) is 7.11 Å². The summed E-state index contributed by atoms with van der Waals surface area (Å²) in [5.74, 6) is 0.205. The second-order valence-electron chi connectivity index (χ2n) is 9.77. The summed E-state index contributed by atoms with van der Waals surface area (Å²) < 4.78 is 5.23. The fraction of sp³-hybridized carbons (Fsp3) is 0.414. The Balaban J connectivity index is 1.62. The van der Waals surface area contributed by atoms with E-state index in [-0.39, 0.29) is 23.8 Å². The van der Waals surface area contributed by atoms with Gasteiger partial charge in [-0.1, -0.05) is 62.4 Å². The number of rotatable bonds is 7.